The molecule has 5 heteroatoms. The van der Waals surface area contributed by atoms with Gasteiger partial charge in [-0.1, -0.05) is 32.5 Å². The summed E-state index contributed by atoms with van der Waals surface area (Å²) in [5.41, 5.74) is 3.10. The smallest absolute Gasteiger partial charge is 0.316 e. The zero-order valence-corrected chi connectivity index (χ0v) is 15.1. The van der Waals surface area contributed by atoms with E-state index in [2.05, 4.69) is 31.8 Å². The van der Waals surface area contributed by atoms with E-state index in [4.69, 9.17) is 4.74 Å². The summed E-state index contributed by atoms with van der Waals surface area (Å²) in [4.78, 5) is 16.2. The SMILES string of the molecule is CCOC(=O)CSc1nc2c(cc1C#N)CC(C(C)(C)C)CC2. The van der Waals surface area contributed by atoms with E-state index in [1.807, 2.05) is 6.07 Å². The maximum absolute atomic E-state index is 11.5. The first-order chi connectivity index (χ1) is 10.8. The van der Waals surface area contributed by atoms with Crippen molar-refractivity contribution in [3.05, 3.63) is 22.9 Å². The number of thioether (sulfide) groups is 1. The summed E-state index contributed by atoms with van der Waals surface area (Å²) >= 11 is 1.29. The average Bonchev–Trinajstić information content (AvgIpc) is 2.50. The number of carbonyl (C=O) groups is 1. The van der Waals surface area contributed by atoms with E-state index in [0.29, 0.717) is 23.1 Å². The number of esters is 1. The van der Waals surface area contributed by atoms with E-state index >= 15 is 0 Å². The van der Waals surface area contributed by atoms with Crippen molar-refractivity contribution in [2.24, 2.45) is 11.3 Å². The molecule has 0 saturated carbocycles. The predicted molar refractivity (Wildman–Crippen MR) is 91.3 cm³/mol. The molecule has 1 aliphatic rings. The Labute approximate surface area is 142 Å². The van der Waals surface area contributed by atoms with Gasteiger partial charge < -0.3 is 4.74 Å². The van der Waals surface area contributed by atoms with Crippen molar-refractivity contribution in [3.8, 4) is 6.07 Å². The summed E-state index contributed by atoms with van der Waals surface area (Å²) < 4.78 is 4.93. The van der Waals surface area contributed by atoms with Gasteiger partial charge in [-0.05, 0) is 49.1 Å². The van der Waals surface area contributed by atoms with Crippen molar-refractivity contribution in [1.82, 2.24) is 4.98 Å². The largest absolute Gasteiger partial charge is 0.465 e. The summed E-state index contributed by atoms with van der Waals surface area (Å²) in [6.07, 6.45) is 3.04. The van der Waals surface area contributed by atoms with Gasteiger partial charge in [0.1, 0.15) is 11.1 Å². The fraction of sp³-hybridized carbons (Fsp3) is 0.611. The maximum atomic E-state index is 11.5. The number of ether oxygens (including phenoxy) is 1. The second kappa shape index (κ2) is 7.35. The molecule has 0 saturated heterocycles. The highest BCUT2D eigenvalue weighted by Crippen LogP contribution is 2.38. The normalized spacial score (nSPS) is 17.3. The van der Waals surface area contributed by atoms with Gasteiger partial charge in [-0.25, -0.2) is 4.98 Å². The monoisotopic (exact) mass is 332 g/mol. The number of nitrogens with zero attached hydrogens (tertiary/aromatic N) is 2. The van der Waals surface area contributed by atoms with Gasteiger partial charge in [-0.15, -0.1) is 0 Å². The van der Waals surface area contributed by atoms with Gasteiger partial charge in [-0.3, -0.25) is 4.79 Å². The zero-order valence-electron chi connectivity index (χ0n) is 14.3. The van der Waals surface area contributed by atoms with E-state index in [1.165, 1.54) is 17.3 Å². The van der Waals surface area contributed by atoms with Crippen LogP contribution in [-0.4, -0.2) is 23.3 Å². The molecule has 4 nitrogen and oxygen atoms in total. The molecule has 0 N–H and O–H groups in total. The Balaban J connectivity index is 2.19. The lowest BCUT2D eigenvalue weighted by Crippen LogP contribution is -2.27. The van der Waals surface area contributed by atoms with Gasteiger partial charge >= 0.3 is 5.97 Å². The zero-order chi connectivity index (χ0) is 17.0. The van der Waals surface area contributed by atoms with E-state index in [-0.39, 0.29) is 17.1 Å². The maximum Gasteiger partial charge on any atom is 0.316 e. The number of hydrogen-bond donors (Lipinski definition) is 0. The van der Waals surface area contributed by atoms with Crippen LogP contribution in [0.5, 0.6) is 0 Å². The molecular weight excluding hydrogens is 308 g/mol. The number of aromatic nitrogens is 1. The van der Waals surface area contributed by atoms with Crippen LogP contribution in [0.3, 0.4) is 0 Å². The molecule has 0 aromatic carbocycles. The van der Waals surface area contributed by atoms with Crippen LogP contribution in [0.1, 0.15) is 50.9 Å². The lowest BCUT2D eigenvalue weighted by atomic mass is 9.71. The molecule has 2 rings (SSSR count). The van der Waals surface area contributed by atoms with Crippen molar-refractivity contribution in [2.75, 3.05) is 12.4 Å². The van der Waals surface area contributed by atoms with Crippen LogP contribution in [-0.2, 0) is 22.4 Å². The quantitative estimate of drug-likeness (QED) is 0.620. The van der Waals surface area contributed by atoms with E-state index in [1.54, 1.807) is 6.92 Å². The number of aryl methyl sites for hydroxylation is 1. The number of fused-ring (bicyclic) bond motifs is 1. The minimum Gasteiger partial charge on any atom is -0.465 e. The molecule has 1 aromatic heterocycles. The summed E-state index contributed by atoms with van der Waals surface area (Å²) in [5.74, 6) is 0.536. The molecule has 0 aliphatic heterocycles. The number of pyridine rings is 1. The van der Waals surface area contributed by atoms with Crippen molar-refractivity contribution in [2.45, 2.75) is 52.0 Å². The lowest BCUT2D eigenvalue weighted by Gasteiger charge is -2.34. The molecule has 0 bridgehead atoms. The van der Waals surface area contributed by atoms with Gasteiger partial charge in [0.05, 0.1) is 17.9 Å². The molecule has 124 valence electrons. The lowest BCUT2D eigenvalue weighted by molar-refractivity contribution is -0.139. The molecule has 0 spiro atoms. The van der Waals surface area contributed by atoms with Crippen LogP contribution in [0.4, 0.5) is 0 Å². The van der Waals surface area contributed by atoms with E-state index in [9.17, 15) is 10.1 Å². The molecule has 1 aromatic rings. The second-order valence-electron chi connectivity index (χ2n) is 6.96. The molecular formula is C18H24N2O2S. The third kappa shape index (κ3) is 4.48. The molecule has 1 unspecified atom stereocenters. The Morgan fingerprint density at radius 1 is 1.52 bits per heavy atom. The Bertz CT molecular complexity index is 629. The summed E-state index contributed by atoms with van der Waals surface area (Å²) in [7, 11) is 0. The minimum atomic E-state index is -0.270. The van der Waals surface area contributed by atoms with Gasteiger partial charge in [-0.2, -0.15) is 5.26 Å². The Hall–Kier alpha value is -1.54. The van der Waals surface area contributed by atoms with Gasteiger partial charge in [0.2, 0.25) is 0 Å². The van der Waals surface area contributed by atoms with Crippen molar-refractivity contribution in [1.29, 1.82) is 5.26 Å². The molecule has 1 heterocycles. The fourth-order valence-electron chi connectivity index (χ4n) is 2.90. The number of rotatable bonds is 4. The Morgan fingerprint density at radius 3 is 2.87 bits per heavy atom. The third-order valence-electron chi connectivity index (χ3n) is 4.33. The van der Waals surface area contributed by atoms with Crippen molar-refractivity contribution >= 4 is 17.7 Å². The highest BCUT2D eigenvalue weighted by atomic mass is 32.2. The van der Waals surface area contributed by atoms with Crippen LogP contribution < -0.4 is 0 Å². The van der Waals surface area contributed by atoms with Crippen LogP contribution >= 0.6 is 11.8 Å². The molecule has 1 aliphatic carbocycles. The third-order valence-corrected chi connectivity index (χ3v) is 5.29. The summed E-state index contributed by atoms with van der Waals surface area (Å²) in [6.45, 7) is 8.96. The topological polar surface area (TPSA) is 63.0 Å². The standard InChI is InChI=1S/C18H24N2O2S/c1-5-22-16(21)11-23-17-13(10-19)8-12-9-14(18(2,3)4)6-7-15(12)20-17/h8,14H,5-7,9,11H2,1-4H3. The van der Waals surface area contributed by atoms with Gasteiger partial charge in [0, 0.05) is 5.69 Å². The number of nitriles is 1. The van der Waals surface area contributed by atoms with Crippen LogP contribution in [0, 0.1) is 22.7 Å². The van der Waals surface area contributed by atoms with Crippen LogP contribution in [0.2, 0.25) is 0 Å². The van der Waals surface area contributed by atoms with Crippen LogP contribution in [0.15, 0.2) is 11.1 Å². The average molecular weight is 332 g/mol. The van der Waals surface area contributed by atoms with Crippen LogP contribution in [0.25, 0.3) is 0 Å². The Kier molecular flexibility index (Phi) is 5.69. The Morgan fingerprint density at radius 2 is 2.26 bits per heavy atom. The molecule has 23 heavy (non-hydrogen) atoms. The van der Waals surface area contributed by atoms with E-state index < -0.39 is 0 Å². The predicted octanol–water partition coefficient (Wildman–Crippen LogP) is 3.76. The molecule has 0 amide bonds. The molecule has 0 radical (unpaired) electrons. The van der Waals surface area contributed by atoms with Crippen molar-refractivity contribution < 1.29 is 9.53 Å². The van der Waals surface area contributed by atoms with E-state index in [0.717, 1.165) is 25.0 Å². The number of carbonyl (C=O) groups excluding carboxylic acids is 1. The summed E-state index contributed by atoms with van der Waals surface area (Å²) in [6, 6.07) is 4.19. The first kappa shape index (κ1) is 17.8. The van der Waals surface area contributed by atoms with Gasteiger partial charge in [0.15, 0.2) is 0 Å². The first-order valence-electron chi connectivity index (χ1n) is 8.06. The van der Waals surface area contributed by atoms with Gasteiger partial charge in [0.25, 0.3) is 0 Å². The second-order valence-corrected chi connectivity index (χ2v) is 7.92. The number of hydrogen-bond acceptors (Lipinski definition) is 5. The highest BCUT2D eigenvalue weighted by Gasteiger charge is 2.30. The highest BCUT2D eigenvalue weighted by molar-refractivity contribution is 7.99. The molecule has 0 fully saturated rings. The first-order valence-corrected chi connectivity index (χ1v) is 9.05. The molecule has 1 atom stereocenters. The fourth-order valence-corrected chi connectivity index (χ4v) is 3.68. The van der Waals surface area contributed by atoms with Crippen molar-refractivity contribution in [3.63, 3.8) is 0 Å². The summed E-state index contributed by atoms with van der Waals surface area (Å²) in [5, 5.41) is 10.0. The minimum absolute atomic E-state index is 0.193.